The van der Waals surface area contributed by atoms with Gasteiger partial charge in [-0.2, -0.15) is 0 Å². The largest absolute Gasteiger partial charge is 0.323 e. The highest BCUT2D eigenvalue weighted by atomic mass is 32.1. The number of para-hydroxylation sites is 2. The monoisotopic (exact) mass is 363 g/mol. The fourth-order valence-electron chi connectivity index (χ4n) is 2.33. The lowest BCUT2D eigenvalue weighted by Gasteiger charge is -2.17. The van der Waals surface area contributed by atoms with Crippen LogP contribution in [-0.2, 0) is 9.59 Å². The van der Waals surface area contributed by atoms with Crippen molar-refractivity contribution in [1.82, 2.24) is 4.98 Å². The van der Waals surface area contributed by atoms with Crippen LogP contribution in [0.2, 0.25) is 0 Å². The number of nitrogens with one attached hydrogen (secondary N) is 1. The topological polar surface area (TPSA) is 62.3 Å². The van der Waals surface area contributed by atoms with Crippen LogP contribution < -0.4 is 10.2 Å². The van der Waals surface area contributed by atoms with Gasteiger partial charge >= 0.3 is 0 Å². The SMILES string of the molecule is CC(=O)N(c1ccccc1)c1nc(/C=C/C(=O)Nc2ccccc2)cs1. The Morgan fingerprint density at radius 3 is 2.35 bits per heavy atom. The number of carbonyl (C=O) groups is 2. The summed E-state index contributed by atoms with van der Waals surface area (Å²) in [6.07, 6.45) is 3.05. The van der Waals surface area contributed by atoms with Crippen molar-refractivity contribution in [3.05, 3.63) is 77.8 Å². The zero-order chi connectivity index (χ0) is 18.4. The number of amides is 2. The molecule has 0 radical (unpaired) electrons. The van der Waals surface area contributed by atoms with E-state index in [0.717, 1.165) is 11.4 Å². The van der Waals surface area contributed by atoms with Gasteiger partial charge in [0.05, 0.1) is 11.4 Å². The van der Waals surface area contributed by atoms with Crippen LogP contribution in [0.3, 0.4) is 0 Å². The molecule has 0 spiro atoms. The number of carbonyl (C=O) groups excluding carboxylic acids is 2. The highest BCUT2D eigenvalue weighted by Crippen LogP contribution is 2.29. The van der Waals surface area contributed by atoms with Crippen molar-refractivity contribution in [3.8, 4) is 0 Å². The minimum absolute atomic E-state index is 0.122. The highest BCUT2D eigenvalue weighted by molar-refractivity contribution is 7.14. The summed E-state index contributed by atoms with van der Waals surface area (Å²) in [6.45, 7) is 1.50. The normalized spacial score (nSPS) is 10.7. The Kier molecular flexibility index (Phi) is 5.56. The molecule has 2 amide bonds. The van der Waals surface area contributed by atoms with Gasteiger partial charge in [0, 0.05) is 24.1 Å². The van der Waals surface area contributed by atoms with Gasteiger partial charge < -0.3 is 5.32 Å². The van der Waals surface area contributed by atoms with E-state index < -0.39 is 0 Å². The molecule has 2 aromatic carbocycles. The van der Waals surface area contributed by atoms with Crippen LogP contribution in [0.5, 0.6) is 0 Å². The fourth-order valence-corrected chi connectivity index (χ4v) is 3.18. The molecule has 0 saturated heterocycles. The molecule has 0 atom stereocenters. The molecule has 0 fully saturated rings. The quantitative estimate of drug-likeness (QED) is 0.680. The third kappa shape index (κ3) is 4.43. The second-order valence-electron chi connectivity index (χ2n) is 5.43. The molecule has 26 heavy (non-hydrogen) atoms. The molecule has 1 heterocycles. The maximum absolute atomic E-state index is 12.0. The first kappa shape index (κ1) is 17.6. The van der Waals surface area contributed by atoms with Crippen molar-refractivity contribution in [2.75, 3.05) is 10.2 Å². The van der Waals surface area contributed by atoms with Gasteiger partial charge in [-0.25, -0.2) is 4.98 Å². The van der Waals surface area contributed by atoms with Crippen molar-refractivity contribution in [3.63, 3.8) is 0 Å². The van der Waals surface area contributed by atoms with E-state index >= 15 is 0 Å². The molecule has 0 bridgehead atoms. The van der Waals surface area contributed by atoms with E-state index in [9.17, 15) is 9.59 Å². The van der Waals surface area contributed by atoms with Crippen LogP contribution in [0.4, 0.5) is 16.5 Å². The summed E-state index contributed by atoms with van der Waals surface area (Å²) in [5, 5.41) is 5.14. The van der Waals surface area contributed by atoms with Crippen molar-refractivity contribution in [2.24, 2.45) is 0 Å². The molecule has 1 aromatic heterocycles. The fraction of sp³-hybridized carbons (Fsp3) is 0.0500. The smallest absolute Gasteiger partial charge is 0.248 e. The lowest BCUT2D eigenvalue weighted by atomic mass is 10.3. The Labute approximate surface area is 155 Å². The Balaban J connectivity index is 1.72. The molecular formula is C20H17N3O2S. The number of aromatic nitrogens is 1. The van der Waals surface area contributed by atoms with E-state index in [1.54, 1.807) is 16.4 Å². The van der Waals surface area contributed by atoms with Crippen molar-refractivity contribution in [1.29, 1.82) is 0 Å². The van der Waals surface area contributed by atoms with Crippen LogP contribution in [0.15, 0.2) is 72.1 Å². The number of hydrogen-bond acceptors (Lipinski definition) is 4. The van der Waals surface area contributed by atoms with Gasteiger partial charge in [-0.15, -0.1) is 11.3 Å². The number of benzene rings is 2. The summed E-state index contributed by atoms with van der Waals surface area (Å²) in [5.74, 6) is -0.361. The second-order valence-corrected chi connectivity index (χ2v) is 6.27. The van der Waals surface area contributed by atoms with Crippen molar-refractivity contribution >= 4 is 45.7 Å². The van der Waals surface area contributed by atoms with E-state index in [1.165, 1.54) is 24.3 Å². The summed E-state index contributed by atoms with van der Waals surface area (Å²) in [5.41, 5.74) is 2.11. The lowest BCUT2D eigenvalue weighted by Crippen LogP contribution is -2.22. The lowest BCUT2D eigenvalue weighted by molar-refractivity contribution is -0.116. The number of rotatable bonds is 5. The number of thiazole rings is 1. The van der Waals surface area contributed by atoms with Crippen molar-refractivity contribution < 1.29 is 9.59 Å². The molecule has 5 nitrogen and oxygen atoms in total. The van der Waals surface area contributed by atoms with Gasteiger partial charge in [0.1, 0.15) is 0 Å². The average Bonchev–Trinajstić information content (AvgIpc) is 3.10. The molecule has 0 aliphatic carbocycles. The minimum Gasteiger partial charge on any atom is -0.323 e. The molecular weight excluding hydrogens is 346 g/mol. The van der Waals surface area contributed by atoms with Crippen LogP contribution in [0.1, 0.15) is 12.6 Å². The molecule has 0 aliphatic rings. The van der Waals surface area contributed by atoms with Crippen LogP contribution >= 0.6 is 11.3 Å². The third-order valence-corrected chi connectivity index (χ3v) is 4.32. The highest BCUT2D eigenvalue weighted by Gasteiger charge is 2.17. The first-order valence-corrected chi connectivity index (χ1v) is 8.87. The van der Waals surface area contributed by atoms with Gasteiger partial charge in [0.15, 0.2) is 5.13 Å². The van der Waals surface area contributed by atoms with Gasteiger partial charge in [-0.1, -0.05) is 36.4 Å². The molecule has 0 unspecified atom stereocenters. The Bertz CT molecular complexity index is 920. The van der Waals surface area contributed by atoms with Gasteiger partial charge in [0.2, 0.25) is 11.8 Å². The molecule has 130 valence electrons. The molecule has 3 rings (SSSR count). The van der Waals surface area contributed by atoms with Gasteiger partial charge in [-0.3, -0.25) is 14.5 Å². The predicted octanol–water partition coefficient (Wildman–Crippen LogP) is 4.48. The first-order chi connectivity index (χ1) is 12.6. The van der Waals surface area contributed by atoms with E-state index in [2.05, 4.69) is 10.3 Å². The molecule has 6 heteroatoms. The van der Waals surface area contributed by atoms with Crippen LogP contribution in [0, 0.1) is 0 Å². The minimum atomic E-state index is -0.239. The van der Waals surface area contributed by atoms with Crippen LogP contribution in [0.25, 0.3) is 6.08 Å². The summed E-state index contributed by atoms with van der Waals surface area (Å²) < 4.78 is 0. The first-order valence-electron chi connectivity index (χ1n) is 7.99. The Morgan fingerprint density at radius 1 is 1.04 bits per heavy atom. The average molecular weight is 363 g/mol. The standard InChI is InChI=1S/C20H17N3O2S/c1-15(24)23(18-10-6-3-7-11-18)20-22-17(14-26-20)12-13-19(25)21-16-8-4-2-5-9-16/h2-14H,1H3,(H,21,25)/b13-12+. The summed E-state index contributed by atoms with van der Waals surface area (Å²) >= 11 is 1.35. The predicted molar refractivity (Wildman–Crippen MR) is 105 cm³/mol. The summed E-state index contributed by atoms with van der Waals surface area (Å²) in [7, 11) is 0. The van der Waals surface area contributed by atoms with E-state index in [-0.39, 0.29) is 11.8 Å². The van der Waals surface area contributed by atoms with E-state index in [0.29, 0.717) is 10.8 Å². The number of hydrogen-bond donors (Lipinski definition) is 1. The third-order valence-electron chi connectivity index (χ3n) is 3.48. The maximum atomic E-state index is 12.0. The van der Waals surface area contributed by atoms with E-state index in [1.807, 2.05) is 60.7 Å². The zero-order valence-corrected chi connectivity index (χ0v) is 14.9. The zero-order valence-electron chi connectivity index (χ0n) is 14.1. The molecule has 1 N–H and O–H groups in total. The Hall–Kier alpha value is -3.25. The number of nitrogens with zero attached hydrogens (tertiary/aromatic N) is 2. The second kappa shape index (κ2) is 8.22. The van der Waals surface area contributed by atoms with Gasteiger partial charge in [0.25, 0.3) is 0 Å². The number of anilines is 3. The molecule has 0 saturated carbocycles. The van der Waals surface area contributed by atoms with Gasteiger partial charge in [-0.05, 0) is 30.3 Å². The Morgan fingerprint density at radius 2 is 1.69 bits per heavy atom. The van der Waals surface area contributed by atoms with Crippen LogP contribution in [-0.4, -0.2) is 16.8 Å². The summed E-state index contributed by atoms with van der Waals surface area (Å²) in [4.78, 5) is 30.0. The molecule has 3 aromatic rings. The molecule has 0 aliphatic heterocycles. The maximum Gasteiger partial charge on any atom is 0.248 e. The summed E-state index contributed by atoms with van der Waals surface area (Å²) in [6, 6.07) is 18.6. The van der Waals surface area contributed by atoms with Crippen molar-refractivity contribution in [2.45, 2.75) is 6.92 Å². The van der Waals surface area contributed by atoms with E-state index in [4.69, 9.17) is 0 Å².